The van der Waals surface area contributed by atoms with E-state index in [9.17, 15) is 18.0 Å². The highest BCUT2D eigenvalue weighted by atomic mass is 32.2. The van der Waals surface area contributed by atoms with Gasteiger partial charge in [-0.2, -0.15) is 21.6 Å². The van der Waals surface area contributed by atoms with E-state index < -0.39 is 27.3 Å². The monoisotopic (exact) mass is 348 g/mol. The second-order valence-electron chi connectivity index (χ2n) is 4.82. The summed E-state index contributed by atoms with van der Waals surface area (Å²) in [5, 5.41) is 2.38. The molecule has 1 amide bonds. The fourth-order valence-corrected chi connectivity index (χ4v) is 0.803. The van der Waals surface area contributed by atoms with Crippen molar-refractivity contribution in [1.82, 2.24) is 4.98 Å². The number of oxazole rings is 1. The van der Waals surface area contributed by atoms with E-state index in [1.807, 2.05) is 0 Å². The summed E-state index contributed by atoms with van der Waals surface area (Å²) in [5.74, 6) is 0.635. The van der Waals surface area contributed by atoms with Crippen LogP contribution in [0.1, 0.15) is 26.5 Å². The molecule has 0 bridgehead atoms. The van der Waals surface area contributed by atoms with Crippen LogP contribution in [0.25, 0.3) is 0 Å². The van der Waals surface area contributed by atoms with E-state index >= 15 is 0 Å². The molecular weight excluding hydrogens is 333 g/mol. The number of alkyl halides is 3. The summed E-state index contributed by atoms with van der Waals surface area (Å²) < 4.78 is 67.6. The summed E-state index contributed by atoms with van der Waals surface area (Å²) in [6.45, 7) is 7.10. The number of nitrogens with zero attached hydrogens (tertiary/aromatic N) is 1. The van der Waals surface area contributed by atoms with E-state index in [2.05, 4.69) is 10.3 Å². The molecule has 0 fully saturated rings. The molecular formula is C10H15F3N2O6S. The van der Waals surface area contributed by atoms with E-state index in [-0.39, 0.29) is 6.01 Å². The molecule has 2 N–H and O–H groups in total. The molecule has 128 valence electrons. The number of aromatic nitrogens is 1. The molecule has 0 aromatic carbocycles. The average molecular weight is 348 g/mol. The summed E-state index contributed by atoms with van der Waals surface area (Å²) in [7, 11) is -5.84. The predicted molar refractivity (Wildman–Crippen MR) is 68.7 cm³/mol. The number of carbonyl (C=O) groups excluding carboxylic acids is 1. The minimum atomic E-state index is -5.84. The van der Waals surface area contributed by atoms with Gasteiger partial charge in [-0.1, -0.05) is 0 Å². The SMILES string of the molecule is Cc1cnc(NC(=O)OC(C)(C)C)o1.O=S(=O)(O)C(F)(F)F. The summed E-state index contributed by atoms with van der Waals surface area (Å²) in [6, 6.07) is 0.150. The Morgan fingerprint density at radius 3 is 2.09 bits per heavy atom. The van der Waals surface area contributed by atoms with Gasteiger partial charge in [-0.25, -0.2) is 15.1 Å². The standard InChI is InChI=1S/C9H14N2O3.CHF3O3S/c1-6-5-10-7(13-6)11-8(12)14-9(2,3)4;2-1(3,4)8(5,6)7/h5H,1-4H3,(H,10,11,12);(H,5,6,7). The third kappa shape index (κ3) is 8.46. The van der Waals surface area contributed by atoms with Gasteiger partial charge in [0.15, 0.2) is 0 Å². The molecule has 0 aliphatic rings. The molecule has 1 aromatic rings. The van der Waals surface area contributed by atoms with Gasteiger partial charge in [-0.05, 0) is 27.7 Å². The Hall–Kier alpha value is -1.82. The van der Waals surface area contributed by atoms with Crippen molar-refractivity contribution >= 4 is 22.2 Å². The van der Waals surface area contributed by atoms with Gasteiger partial charge in [0.1, 0.15) is 11.4 Å². The minimum absolute atomic E-state index is 0.150. The fraction of sp³-hybridized carbons (Fsp3) is 0.600. The summed E-state index contributed by atoms with van der Waals surface area (Å²) >= 11 is 0. The van der Waals surface area contributed by atoms with Gasteiger partial charge in [-0.15, -0.1) is 0 Å². The third-order valence-corrected chi connectivity index (χ3v) is 2.11. The number of halogens is 3. The van der Waals surface area contributed by atoms with Gasteiger partial charge in [-0.3, -0.25) is 4.55 Å². The predicted octanol–water partition coefficient (Wildman–Crippen LogP) is 2.72. The lowest BCUT2D eigenvalue weighted by atomic mass is 10.2. The molecule has 0 unspecified atom stereocenters. The summed E-state index contributed by atoms with van der Waals surface area (Å²) in [5.41, 5.74) is -6.06. The first-order valence-corrected chi connectivity index (χ1v) is 7.02. The van der Waals surface area contributed by atoms with Gasteiger partial charge >= 0.3 is 27.7 Å². The smallest absolute Gasteiger partial charge is 0.443 e. The molecule has 0 aliphatic carbocycles. The zero-order chi connectivity index (χ0) is 17.8. The number of carbonyl (C=O) groups is 1. The van der Waals surface area contributed by atoms with Crippen LogP contribution >= 0.6 is 0 Å². The topological polar surface area (TPSA) is 119 Å². The van der Waals surface area contributed by atoms with Crippen molar-refractivity contribution in [2.75, 3.05) is 5.32 Å². The van der Waals surface area contributed by atoms with Crippen LogP contribution in [-0.4, -0.2) is 35.2 Å². The van der Waals surface area contributed by atoms with Crippen molar-refractivity contribution in [3.63, 3.8) is 0 Å². The highest BCUT2D eigenvalue weighted by Gasteiger charge is 2.44. The van der Waals surface area contributed by atoms with E-state index in [1.54, 1.807) is 27.7 Å². The molecule has 1 rings (SSSR count). The van der Waals surface area contributed by atoms with Crippen molar-refractivity contribution in [2.45, 2.75) is 38.8 Å². The van der Waals surface area contributed by atoms with Crippen LogP contribution in [-0.2, 0) is 14.9 Å². The van der Waals surface area contributed by atoms with Crippen molar-refractivity contribution in [1.29, 1.82) is 0 Å². The second kappa shape index (κ2) is 6.96. The Morgan fingerprint density at radius 2 is 1.82 bits per heavy atom. The Kier molecular flexibility index (Phi) is 6.38. The molecule has 1 aromatic heterocycles. The molecule has 0 saturated carbocycles. The van der Waals surface area contributed by atoms with E-state index in [4.69, 9.17) is 22.1 Å². The second-order valence-corrected chi connectivity index (χ2v) is 6.24. The van der Waals surface area contributed by atoms with Gasteiger partial charge in [0.25, 0.3) is 0 Å². The number of hydrogen-bond donors (Lipinski definition) is 2. The molecule has 12 heteroatoms. The van der Waals surface area contributed by atoms with Gasteiger partial charge in [0.05, 0.1) is 6.20 Å². The zero-order valence-electron chi connectivity index (χ0n) is 12.1. The first kappa shape index (κ1) is 20.2. The normalized spacial score (nSPS) is 12.2. The van der Waals surface area contributed by atoms with Crippen LogP contribution < -0.4 is 5.32 Å². The van der Waals surface area contributed by atoms with Crippen LogP contribution in [0.5, 0.6) is 0 Å². The third-order valence-electron chi connectivity index (χ3n) is 1.52. The lowest BCUT2D eigenvalue weighted by Crippen LogP contribution is -2.27. The minimum Gasteiger partial charge on any atom is -0.443 e. The highest BCUT2D eigenvalue weighted by molar-refractivity contribution is 7.86. The molecule has 0 saturated heterocycles. The molecule has 8 nitrogen and oxygen atoms in total. The van der Waals surface area contributed by atoms with Crippen LogP contribution in [0, 0.1) is 6.92 Å². The zero-order valence-corrected chi connectivity index (χ0v) is 12.9. The van der Waals surface area contributed by atoms with Crippen LogP contribution in [0.2, 0.25) is 0 Å². The van der Waals surface area contributed by atoms with Crippen LogP contribution in [0.3, 0.4) is 0 Å². The first-order valence-electron chi connectivity index (χ1n) is 5.58. The Morgan fingerprint density at radius 1 is 1.36 bits per heavy atom. The highest BCUT2D eigenvalue weighted by Crippen LogP contribution is 2.20. The molecule has 0 radical (unpaired) electrons. The van der Waals surface area contributed by atoms with Gasteiger partial charge in [0.2, 0.25) is 0 Å². The summed E-state index contributed by atoms with van der Waals surface area (Å²) in [4.78, 5) is 15.0. The maximum atomic E-state index is 11.2. The van der Waals surface area contributed by atoms with Crippen molar-refractivity contribution < 1.29 is 40.1 Å². The number of anilines is 1. The fourth-order valence-electron chi connectivity index (χ4n) is 0.803. The van der Waals surface area contributed by atoms with Crippen molar-refractivity contribution in [3.8, 4) is 0 Å². The Bertz CT molecular complexity index is 603. The lowest BCUT2D eigenvalue weighted by molar-refractivity contribution is -0.0510. The quantitative estimate of drug-likeness (QED) is 0.591. The van der Waals surface area contributed by atoms with E-state index in [0.717, 1.165) is 0 Å². The molecule has 1 heterocycles. The molecule has 0 aliphatic heterocycles. The van der Waals surface area contributed by atoms with E-state index in [0.29, 0.717) is 5.76 Å². The van der Waals surface area contributed by atoms with Crippen molar-refractivity contribution in [2.24, 2.45) is 0 Å². The largest absolute Gasteiger partial charge is 0.522 e. The molecule has 22 heavy (non-hydrogen) atoms. The van der Waals surface area contributed by atoms with Gasteiger partial charge in [0, 0.05) is 0 Å². The number of aryl methyl sites for hydroxylation is 1. The Labute approximate surface area is 124 Å². The number of hydrogen-bond acceptors (Lipinski definition) is 6. The van der Waals surface area contributed by atoms with E-state index in [1.165, 1.54) is 6.20 Å². The average Bonchev–Trinajstić information content (AvgIpc) is 2.58. The first-order chi connectivity index (χ1) is 9.62. The van der Waals surface area contributed by atoms with Crippen molar-refractivity contribution in [3.05, 3.63) is 12.0 Å². The van der Waals surface area contributed by atoms with Crippen LogP contribution in [0.4, 0.5) is 24.0 Å². The van der Waals surface area contributed by atoms with Crippen LogP contribution in [0.15, 0.2) is 10.6 Å². The number of ether oxygens (including phenoxy) is 1. The number of amides is 1. The molecule has 0 spiro atoms. The summed E-state index contributed by atoms with van der Waals surface area (Å²) in [6.07, 6.45) is 0.950. The number of nitrogens with one attached hydrogen (secondary N) is 1. The van der Waals surface area contributed by atoms with Gasteiger partial charge < -0.3 is 9.15 Å². The number of rotatable bonds is 1. The Balaban J connectivity index is 0.000000472. The lowest BCUT2D eigenvalue weighted by Gasteiger charge is -2.18. The molecule has 0 atom stereocenters. The maximum Gasteiger partial charge on any atom is 0.522 e. The maximum absolute atomic E-state index is 11.2.